The SMILES string of the molecule is Cc1cc(C(=O)N2Cc3ccccc3Cc3ccccc32)ccc1NC(=O)c1ccccc1-c1ccccc1. The number of anilines is 2. The summed E-state index contributed by atoms with van der Waals surface area (Å²) in [5.74, 6) is -0.246. The number of amides is 2. The number of para-hydroxylation sites is 1. The van der Waals surface area contributed by atoms with Gasteiger partial charge in [-0.05, 0) is 77.1 Å². The Morgan fingerprint density at radius 1 is 0.692 bits per heavy atom. The first kappa shape index (κ1) is 24.4. The largest absolute Gasteiger partial charge is 0.322 e. The Kier molecular flexibility index (Phi) is 6.52. The molecule has 1 heterocycles. The predicted octanol–water partition coefficient (Wildman–Crippen LogP) is 7.67. The third-order valence-electron chi connectivity index (χ3n) is 7.33. The Labute approximate surface area is 228 Å². The molecular weight excluding hydrogens is 480 g/mol. The molecule has 5 aromatic rings. The Morgan fingerprint density at radius 2 is 1.36 bits per heavy atom. The van der Waals surface area contributed by atoms with Crippen LogP contribution in [0.1, 0.15) is 43.0 Å². The number of aryl methyl sites for hydroxylation is 1. The molecular formula is C35H28N2O2. The van der Waals surface area contributed by atoms with Crippen LogP contribution in [0.4, 0.5) is 11.4 Å². The topological polar surface area (TPSA) is 49.4 Å². The van der Waals surface area contributed by atoms with Gasteiger partial charge < -0.3 is 10.2 Å². The van der Waals surface area contributed by atoms with Gasteiger partial charge in [0.2, 0.25) is 0 Å². The molecule has 0 saturated heterocycles. The summed E-state index contributed by atoms with van der Waals surface area (Å²) in [6.07, 6.45) is 0.796. The highest BCUT2D eigenvalue weighted by Crippen LogP contribution is 2.32. The van der Waals surface area contributed by atoms with Crippen molar-refractivity contribution in [2.75, 3.05) is 10.2 Å². The zero-order valence-electron chi connectivity index (χ0n) is 21.7. The van der Waals surface area contributed by atoms with Gasteiger partial charge in [0.25, 0.3) is 11.8 Å². The summed E-state index contributed by atoms with van der Waals surface area (Å²) in [6, 6.07) is 39.4. The van der Waals surface area contributed by atoms with Crippen LogP contribution < -0.4 is 10.2 Å². The van der Waals surface area contributed by atoms with Crippen LogP contribution in [0.15, 0.2) is 121 Å². The highest BCUT2D eigenvalue weighted by atomic mass is 16.2. The van der Waals surface area contributed by atoms with E-state index < -0.39 is 0 Å². The lowest BCUT2D eigenvalue weighted by Crippen LogP contribution is -2.30. The summed E-state index contributed by atoms with van der Waals surface area (Å²) in [4.78, 5) is 29.1. The first-order valence-corrected chi connectivity index (χ1v) is 13.1. The summed E-state index contributed by atoms with van der Waals surface area (Å²) < 4.78 is 0. The summed E-state index contributed by atoms with van der Waals surface area (Å²) >= 11 is 0. The Bertz CT molecular complexity index is 1690. The first-order chi connectivity index (χ1) is 19.1. The molecule has 5 aromatic carbocycles. The fourth-order valence-corrected chi connectivity index (χ4v) is 5.28. The Balaban J connectivity index is 1.28. The summed E-state index contributed by atoms with van der Waals surface area (Å²) in [7, 11) is 0. The second kappa shape index (κ2) is 10.4. The molecule has 0 aromatic heterocycles. The van der Waals surface area contributed by atoms with Gasteiger partial charge in [0.1, 0.15) is 0 Å². The van der Waals surface area contributed by atoms with Gasteiger partial charge in [-0.3, -0.25) is 9.59 Å². The molecule has 39 heavy (non-hydrogen) atoms. The number of nitrogens with zero attached hydrogens (tertiary/aromatic N) is 1. The van der Waals surface area contributed by atoms with E-state index in [2.05, 4.69) is 23.5 Å². The maximum absolute atomic E-state index is 13.9. The molecule has 4 heteroatoms. The highest BCUT2D eigenvalue weighted by Gasteiger charge is 2.25. The third-order valence-corrected chi connectivity index (χ3v) is 7.33. The lowest BCUT2D eigenvalue weighted by atomic mass is 9.99. The molecule has 0 atom stereocenters. The molecule has 2 amide bonds. The van der Waals surface area contributed by atoms with Crippen LogP contribution in [-0.2, 0) is 13.0 Å². The predicted molar refractivity (Wildman–Crippen MR) is 157 cm³/mol. The Morgan fingerprint density at radius 3 is 2.15 bits per heavy atom. The number of rotatable bonds is 4. The number of hydrogen-bond acceptors (Lipinski definition) is 2. The minimum absolute atomic E-state index is 0.0606. The zero-order valence-corrected chi connectivity index (χ0v) is 21.7. The normalized spacial score (nSPS) is 12.2. The summed E-state index contributed by atoms with van der Waals surface area (Å²) in [6.45, 7) is 2.43. The van der Waals surface area contributed by atoms with Crippen molar-refractivity contribution in [3.05, 3.63) is 155 Å². The van der Waals surface area contributed by atoms with Gasteiger partial charge >= 0.3 is 0 Å². The quantitative estimate of drug-likeness (QED) is 0.271. The average molecular weight is 509 g/mol. The minimum Gasteiger partial charge on any atom is -0.322 e. The van der Waals surface area contributed by atoms with E-state index in [-0.39, 0.29) is 11.8 Å². The van der Waals surface area contributed by atoms with E-state index in [1.54, 1.807) is 6.07 Å². The second-order valence-electron chi connectivity index (χ2n) is 9.86. The second-order valence-corrected chi connectivity index (χ2v) is 9.86. The number of benzene rings is 5. The highest BCUT2D eigenvalue weighted by molar-refractivity contribution is 6.10. The minimum atomic E-state index is -0.185. The molecule has 1 aliphatic rings. The maximum atomic E-state index is 13.9. The van der Waals surface area contributed by atoms with E-state index in [9.17, 15) is 9.59 Å². The lowest BCUT2D eigenvalue weighted by molar-refractivity contribution is 0.0984. The molecule has 0 radical (unpaired) electrons. The van der Waals surface area contributed by atoms with Gasteiger partial charge in [0, 0.05) is 22.5 Å². The van der Waals surface area contributed by atoms with Crippen LogP contribution in [0.3, 0.4) is 0 Å². The van der Waals surface area contributed by atoms with Crippen molar-refractivity contribution < 1.29 is 9.59 Å². The van der Waals surface area contributed by atoms with E-state index in [0.29, 0.717) is 23.4 Å². The number of carbonyl (C=O) groups excluding carboxylic acids is 2. The number of fused-ring (bicyclic) bond motifs is 2. The van der Waals surface area contributed by atoms with Gasteiger partial charge in [-0.15, -0.1) is 0 Å². The van der Waals surface area contributed by atoms with Gasteiger partial charge in [0.05, 0.1) is 6.54 Å². The van der Waals surface area contributed by atoms with E-state index in [0.717, 1.165) is 39.9 Å². The molecule has 190 valence electrons. The van der Waals surface area contributed by atoms with Gasteiger partial charge in [-0.2, -0.15) is 0 Å². The van der Waals surface area contributed by atoms with Crippen molar-refractivity contribution in [2.45, 2.75) is 19.9 Å². The first-order valence-electron chi connectivity index (χ1n) is 13.1. The maximum Gasteiger partial charge on any atom is 0.258 e. The van der Waals surface area contributed by atoms with E-state index >= 15 is 0 Å². The number of hydrogen-bond donors (Lipinski definition) is 1. The van der Waals surface area contributed by atoms with Gasteiger partial charge in [0.15, 0.2) is 0 Å². The Hall–Kier alpha value is -4.96. The fraction of sp³-hybridized carbons (Fsp3) is 0.0857. The van der Waals surface area contributed by atoms with Crippen LogP contribution in [-0.4, -0.2) is 11.8 Å². The molecule has 0 unspecified atom stereocenters. The summed E-state index contributed by atoms with van der Waals surface area (Å²) in [5, 5.41) is 3.06. The molecule has 1 N–H and O–H groups in total. The molecule has 0 spiro atoms. The molecule has 0 bridgehead atoms. The number of nitrogens with one attached hydrogen (secondary N) is 1. The van der Waals surface area contributed by atoms with Crippen molar-refractivity contribution in [1.82, 2.24) is 0 Å². The van der Waals surface area contributed by atoms with E-state index in [1.165, 1.54) is 5.56 Å². The molecule has 0 fully saturated rings. The molecule has 0 aliphatic carbocycles. The van der Waals surface area contributed by atoms with Crippen molar-refractivity contribution in [3.63, 3.8) is 0 Å². The van der Waals surface area contributed by atoms with Crippen LogP contribution in [0.25, 0.3) is 11.1 Å². The molecule has 6 rings (SSSR count). The fourth-order valence-electron chi connectivity index (χ4n) is 5.28. The van der Waals surface area contributed by atoms with Crippen molar-refractivity contribution in [1.29, 1.82) is 0 Å². The lowest BCUT2D eigenvalue weighted by Gasteiger charge is -2.24. The molecule has 1 aliphatic heterocycles. The van der Waals surface area contributed by atoms with Crippen LogP contribution in [0.2, 0.25) is 0 Å². The van der Waals surface area contributed by atoms with Gasteiger partial charge in [-0.25, -0.2) is 0 Å². The smallest absolute Gasteiger partial charge is 0.258 e. The van der Waals surface area contributed by atoms with Crippen molar-refractivity contribution >= 4 is 23.2 Å². The molecule has 4 nitrogen and oxygen atoms in total. The third kappa shape index (κ3) is 4.85. The van der Waals surface area contributed by atoms with Crippen LogP contribution in [0, 0.1) is 6.92 Å². The average Bonchev–Trinajstić information content (AvgIpc) is 3.15. The summed E-state index contributed by atoms with van der Waals surface area (Å²) in [5.41, 5.74) is 9.02. The van der Waals surface area contributed by atoms with Crippen molar-refractivity contribution in [3.8, 4) is 11.1 Å². The van der Waals surface area contributed by atoms with Gasteiger partial charge in [-0.1, -0.05) is 91.0 Å². The monoisotopic (exact) mass is 508 g/mol. The molecule has 0 saturated carbocycles. The van der Waals surface area contributed by atoms with E-state index in [1.807, 2.05) is 109 Å². The van der Waals surface area contributed by atoms with Crippen LogP contribution >= 0.6 is 0 Å². The zero-order chi connectivity index (χ0) is 26.8. The standard InChI is InChI=1S/C35H28N2O2/c1-24-21-28(35(39)37-23-29-15-6-5-13-26(29)22-27-14-7-10-18-33(27)37)19-20-32(24)36-34(38)31-17-9-8-16-30(31)25-11-3-2-4-12-25/h2-21H,22-23H2,1H3,(H,36,38). The van der Waals surface area contributed by atoms with Crippen molar-refractivity contribution in [2.24, 2.45) is 0 Å². The van der Waals surface area contributed by atoms with E-state index in [4.69, 9.17) is 0 Å². The number of carbonyl (C=O) groups is 2. The van der Waals surface area contributed by atoms with Crippen LogP contribution in [0.5, 0.6) is 0 Å².